The highest BCUT2D eigenvalue weighted by molar-refractivity contribution is 6.04. The van der Waals surface area contributed by atoms with Crippen molar-refractivity contribution in [1.82, 2.24) is 9.78 Å². The smallest absolute Gasteiger partial charge is 0.257 e. The lowest BCUT2D eigenvalue weighted by Gasteiger charge is -2.15. The third kappa shape index (κ3) is 3.79. The molecule has 2 aromatic rings. The second-order valence-corrected chi connectivity index (χ2v) is 5.66. The third-order valence-electron chi connectivity index (χ3n) is 3.42. The van der Waals surface area contributed by atoms with Crippen molar-refractivity contribution in [1.29, 1.82) is 0 Å². The number of carbonyl (C=O) groups is 1. The average molecular weight is 333 g/mol. The minimum absolute atomic E-state index is 0.278. The first-order valence-corrected chi connectivity index (χ1v) is 7.63. The van der Waals surface area contributed by atoms with Gasteiger partial charge in [-0.15, -0.1) is 0 Å². The SMILES string of the molecule is COc1cc(C(=O)Nc2ccnn2CC(C)C)cc(OC)c1OC. The fourth-order valence-electron chi connectivity index (χ4n) is 2.33. The van der Waals surface area contributed by atoms with Crippen molar-refractivity contribution in [2.24, 2.45) is 5.92 Å². The number of carbonyl (C=O) groups excluding carboxylic acids is 1. The van der Waals surface area contributed by atoms with Gasteiger partial charge in [-0.25, -0.2) is 4.68 Å². The summed E-state index contributed by atoms with van der Waals surface area (Å²) in [6, 6.07) is 4.98. The number of nitrogens with one attached hydrogen (secondary N) is 1. The number of ether oxygens (including phenoxy) is 3. The van der Waals surface area contributed by atoms with Crippen molar-refractivity contribution in [3.05, 3.63) is 30.0 Å². The molecule has 1 aromatic carbocycles. The number of benzene rings is 1. The molecule has 130 valence electrons. The van der Waals surface area contributed by atoms with Gasteiger partial charge in [0.05, 0.1) is 27.5 Å². The molecule has 24 heavy (non-hydrogen) atoms. The van der Waals surface area contributed by atoms with Gasteiger partial charge >= 0.3 is 0 Å². The molecule has 2 rings (SSSR count). The number of aromatic nitrogens is 2. The fourth-order valence-corrected chi connectivity index (χ4v) is 2.33. The molecule has 0 aliphatic carbocycles. The van der Waals surface area contributed by atoms with E-state index in [4.69, 9.17) is 14.2 Å². The van der Waals surface area contributed by atoms with Gasteiger partial charge in [0.1, 0.15) is 5.82 Å². The summed E-state index contributed by atoms with van der Waals surface area (Å²) in [6.07, 6.45) is 1.66. The van der Waals surface area contributed by atoms with E-state index in [2.05, 4.69) is 24.3 Å². The lowest BCUT2D eigenvalue weighted by Crippen LogP contribution is -2.17. The van der Waals surface area contributed by atoms with Gasteiger partial charge in [0.2, 0.25) is 5.75 Å². The van der Waals surface area contributed by atoms with E-state index >= 15 is 0 Å². The van der Waals surface area contributed by atoms with Gasteiger partial charge in [-0.05, 0) is 18.1 Å². The van der Waals surface area contributed by atoms with Crippen LogP contribution in [-0.2, 0) is 6.54 Å². The van der Waals surface area contributed by atoms with Gasteiger partial charge < -0.3 is 19.5 Å². The lowest BCUT2D eigenvalue weighted by molar-refractivity contribution is 0.102. The van der Waals surface area contributed by atoms with Crippen molar-refractivity contribution in [3.63, 3.8) is 0 Å². The molecular weight excluding hydrogens is 310 g/mol. The number of amides is 1. The van der Waals surface area contributed by atoms with Crippen LogP contribution >= 0.6 is 0 Å². The molecule has 0 bridgehead atoms. The molecule has 0 aliphatic rings. The molecule has 0 aliphatic heterocycles. The zero-order valence-electron chi connectivity index (χ0n) is 14.6. The van der Waals surface area contributed by atoms with Gasteiger partial charge in [0.15, 0.2) is 11.5 Å². The standard InChI is InChI=1S/C17H23N3O4/c1-11(2)10-20-15(6-7-18-20)19-17(21)12-8-13(22-3)16(24-5)14(9-12)23-4/h6-9,11H,10H2,1-5H3,(H,19,21). The minimum Gasteiger partial charge on any atom is -0.493 e. The highest BCUT2D eigenvalue weighted by Crippen LogP contribution is 2.38. The molecule has 0 atom stereocenters. The van der Waals surface area contributed by atoms with Crippen LogP contribution in [0.3, 0.4) is 0 Å². The zero-order chi connectivity index (χ0) is 17.7. The van der Waals surface area contributed by atoms with Gasteiger partial charge in [0.25, 0.3) is 5.91 Å². The first-order chi connectivity index (χ1) is 11.5. The quantitative estimate of drug-likeness (QED) is 0.843. The third-order valence-corrected chi connectivity index (χ3v) is 3.42. The Morgan fingerprint density at radius 3 is 2.29 bits per heavy atom. The molecule has 0 saturated heterocycles. The number of hydrogen-bond donors (Lipinski definition) is 1. The maximum atomic E-state index is 12.6. The number of methoxy groups -OCH3 is 3. The van der Waals surface area contributed by atoms with E-state index < -0.39 is 0 Å². The number of rotatable bonds is 7. The Hall–Kier alpha value is -2.70. The molecule has 0 spiro atoms. The maximum Gasteiger partial charge on any atom is 0.257 e. The van der Waals surface area contributed by atoms with Gasteiger partial charge in [-0.3, -0.25) is 4.79 Å². The van der Waals surface area contributed by atoms with E-state index in [9.17, 15) is 4.79 Å². The summed E-state index contributed by atoms with van der Waals surface area (Å²) < 4.78 is 17.6. The van der Waals surface area contributed by atoms with Crippen LogP contribution in [0.2, 0.25) is 0 Å². The number of hydrogen-bond acceptors (Lipinski definition) is 5. The Labute approximate surface area is 141 Å². The van der Waals surface area contributed by atoms with E-state index in [0.717, 1.165) is 6.54 Å². The summed E-state index contributed by atoms with van der Waals surface area (Å²) in [5.74, 6) is 2.08. The largest absolute Gasteiger partial charge is 0.493 e. The topological polar surface area (TPSA) is 74.6 Å². The Kier molecular flexibility index (Phi) is 5.68. The van der Waals surface area contributed by atoms with Gasteiger partial charge in [-0.2, -0.15) is 5.10 Å². The predicted molar refractivity (Wildman–Crippen MR) is 91.1 cm³/mol. The molecule has 1 amide bonds. The first-order valence-electron chi connectivity index (χ1n) is 7.63. The van der Waals surface area contributed by atoms with Gasteiger partial charge in [-0.1, -0.05) is 13.8 Å². The molecule has 1 heterocycles. The molecule has 7 heteroatoms. The normalized spacial score (nSPS) is 10.6. The van der Waals surface area contributed by atoms with E-state index in [1.165, 1.54) is 21.3 Å². The molecule has 0 fully saturated rings. The van der Waals surface area contributed by atoms with Crippen LogP contribution in [0, 0.1) is 5.92 Å². The summed E-state index contributed by atoms with van der Waals surface area (Å²) in [6.45, 7) is 4.90. The highest BCUT2D eigenvalue weighted by Gasteiger charge is 2.18. The molecule has 0 unspecified atom stereocenters. The maximum absolute atomic E-state index is 12.6. The van der Waals surface area contributed by atoms with E-state index in [0.29, 0.717) is 34.5 Å². The van der Waals surface area contributed by atoms with Crippen molar-refractivity contribution in [3.8, 4) is 17.2 Å². The second kappa shape index (κ2) is 7.72. The van der Waals surface area contributed by atoms with Crippen molar-refractivity contribution < 1.29 is 19.0 Å². The summed E-state index contributed by atoms with van der Waals surface area (Å²) in [4.78, 5) is 12.6. The zero-order valence-corrected chi connectivity index (χ0v) is 14.6. The fraction of sp³-hybridized carbons (Fsp3) is 0.412. The number of anilines is 1. The van der Waals surface area contributed by atoms with Crippen molar-refractivity contribution in [2.75, 3.05) is 26.6 Å². The number of nitrogens with zero attached hydrogens (tertiary/aromatic N) is 2. The average Bonchev–Trinajstić information content (AvgIpc) is 2.99. The summed E-state index contributed by atoms with van der Waals surface area (Å²) >= 11 is 0. The van der Waals surface area contributed by atoms with Crippen molar-refractivity contribution in [2.45, 2.75) is 20.4 Å². The monoisotopic (exact) mass is 333 g/mol. The molecule has 0 saturated carbocycles. The van der Waals surface area contributed by atoms with Crippen LogP contribution in [0.5, 0.6) is 17.2 Å². The Morgan fingerprint density at radius 1 is 1.17 bits per heavy atom. The van der Waals surface area contributed by atoms with E-state index in [1.54, 1.807) is 29.1 Å². The Morgan fingerprint density at radius 2 is 1.79 bits per heavy atom. The predicted octanol–water partition coefficient (Wildman–Crippen LogP) is 2.82. The summed E-state index contributed by atoms with van der Waals surface area (Å²) in [5, 5.41) is 7.09. The molecule has 7 nitrogen and oxygen atoms in total. The molecule has 1 N–H and O–H groups in total. The van der Waals surface area contributed by atoms with E-state index in [-0.39, 0.29) is 5.91 Å². The molecule has 0 radical (unpaired) electrons. The van der Waals surface area contributed by atoms with Crippen LogP contribution < -0.4 is 19.5 Å². The highest BCUT2D eigenvalue weighted by atomic mass is 16.5. The van der Waals surface area contributed by atoms with Crippen LogP contribution in [-0.4, -0.2) is 37.0 Å². The van der Waals surface area contributed by atoms with Gasteiger partial charge in [0, 0.05) is 18.2 Å². The van der Waals surface area contributed by atoms with Crippen LogP contribution in [0.15, 0.2) is 24.4 Å². The summed E-state index contributed by atoms with van der Waals surface area (Å²) in [5.41, 5.74) is 0.404. The van der Waals surface area contributed by atoms with Crippen LogP contribution in [0.4, 0.5) is 5.82 Å². The minimum atomic E-state index is -0.278. The second-order valence-electron chi connectivity index (χ2n) is 5.66. The molecule has 1 aromatic heterocycles. The Balaban J connectivity index is 2.29. The van der Waals surface area contributed by atoms with E-state index in [1.807, 2.05) is 0 Å². The Bertz CT molecular complexity index is 685. The van der Waals surface area contributed by atoms with Crippen LogP contribution in [0.25, 0.3) is 0 Å². The first kappa shape index (κ1) is 17.7. The summed E-state index contributed by atoms with van der Waals surface area (Å²) in [7, 11) is 4.54. The van der Waals surface area contributed by atoms with Crippen molar-refractivity contribution >= 4 is 11.7 Å². The van der Waals surface area contributed by atoms with Crippen LogP contribution in [0.1, 0.15) is 24.2 Å². The lowest BCUT2D eigenvalue weighted by atomic mass is 10.1. The molecular formula is C17H23N3O4.